The molecule has 2 saturated heterocycles. The van der Waals surface area contributed by atoms with Crippen molar-refractivity contribution in [3.8, 4) is 11.4 Å². The molecular formula is C23H29N3O4S. The Kier molecular flexibility index (Phi) is 5.15. The third-order valence-corrected chi connectivity index (χ3v) is 10.0. The first kappa shape index (κ1) is 20.7. The fourth-order valence-electron chi connectivity index (χ4n) is 5.56. The van der Waals surface area contributed by atoms with Crippen molar-refractivity contribution in [2.75, 3.05) is 18.8 Å². The Balaban J connectivity index is 1.31. The lowest BCUT2D eigenvalue weighted by molar-refractivity contribution is -0.137. The molecule has 3 fully saturated rings. The smallest absolute Gasteiger partial charge is 0.231 e. The SMILES string of the molecule is Cc1cccc(-c2noc(C3CCS(=O)(=O)C34CN(C(=O)CCC3CCCC3)C4)n2)c1. The average Bonchev–Trinajstić information content (AvgIpc) is 3.43. The fraction of sp³-hybridized carbons (Fsp3) is 0.609. The molecule has 2 aliphatic heterocycles. The van der Waals surface area contributed by atoms with Crippen molar-refractivity contribution >= 4 is 15.7 Å². The maximum Gasteiger partial charge on any atom is 0.231 e. The number of hydrogen-bond donors (Lipinski definition) is 0. The highest BCUT2D eigenvalue weighted by molar-refractivity contribution is 7.93. The van der Waals surface area contributed by atoms with Gasteiger partial charge in [-0.25, -0.2) is 8.42 Å². The molecule has 3 aliphatic rings. The predicted molar refractivity (Wildman–Crippen MR) is 116 cm³/mol. The van der Waals surface area contributed by atoms with E-state index >= 15 is 0 Å². The quantitative estimate of drug-likeness (QED) is 0.702. The van der Waals surface area contributed by atoms with Crippen molar-refractivity contribution in [3.05, 3.63) is 35.7 Å². The Morgan fingerprint density at radius 3 is 2.74 bits per heavy atom. The third kappa shape index (κ3) is 3.58. The molecule has 1 aromatic carbocycles. The standard InChI is InChI=1S/C23H29N3O4S/c1-16-5-4-8-18(13-16)21-24-22(30-25-21)19-11-12-31(28,29)23(19)14-26(15-23)20(27)10-9-17-6-2-3-7-17/h4-5,8,13,17,19H,2-3,6-7,9-12,14-15H2,1H3. The molecular weight excluding hydrogens is 414 g/mol. The van der Waals surface area contributed by atoms with E-state index in [0.717, 1.165) is 17.5 Å². The summed E-state index contributed by atoms with van der Waals surface area (Å²) in [5.74, 6) is 1.31. The summed E-state index contributed by atoms with van der Waals surface area (Å²) in [7, 11) is -3.33. The summed E-state index contributed by atoms with van der Waals surface area (Å²) in [6, 6.07) is 7.82. The number of aryl methyl sites for hydroxylation is 1. The van der Waals surface area contributed by atoms with Crippen LogP contribution in [-0.4, -0.2) is 53.0 Å². The number of benzene rings is 1. The summed E-state index contributed by atoms with van der Waals surface area (Å²) in [5.41, 5.74) is 1.94. The van der Waals surface area contributed by atoms with Crippen molar-refractivity contribution < 1.29 is 17.7 Å². The minimum atomic E-state index is -3.33. The molecule has 31 heavy (non-hydrogen) atoms. The van der Waals surface area contributed by atoms with Gasteiger partial charge in [-0.1, -0.05) is 54.6 Å². The number of carbonyl (C=O) groups excluding carboxylic acids is 1. The molecule has 7 nitrogen and oxygen atoms in total. The van der Waals surface area contributed by atoms with Gasteiger partial charge >= 0.3 is 0 Å². The summed E-state index contributed by atoms with van der Waals surface area (Å²) in [5, 5.41) is 4.11. The van der Waals surface area contributed by atoms with E-state index in [4.69, 9.17) is 4.52 Å². The van der Waals surface area contributed by atoms with Gasteiger partial charge in [0.1, 0.15) is 4.75 Å². The van der Waals surface area contributed by atoms with Crippen molar-refractivity contribution in [2.24, 2.45) is 5.92 Å². The van der Waals surface area contributed by atoms with E-state index in [1.165, 1.54) is 25.7 Å². The summed E-state index contributed by atoms with van der Waals surface area (Å²) in [4.78, 5) is 18.9. The van der Waals surface area contributed by atoms with Gasteiger partial charge in [0.2, 0.25) is 17.6 Å². The van der Waals surface area contributed by atoms with Gasteiger partial charge in [0.05, 0.1) is 11.7 Å². The first-order valence-corrected chi connectivity index (χ1v) is 12.9. The molecule has 1 spiro atoms. The molecule has 166 valence electrons. The maximum absolute atomic E-state index is 13.0. The number of likely N-dealkylation sites (tertiary alicyclic amines) is 1. The van der Waals surface area contributed by atoms with E-state index in [0.29, 0.717) is 30.5 Å². The van der Waals surface area contributed by atoms with Crippen LogP contribution < -0.4 is 0 Å². The topological polar surface area (TPSA) is 93.4 Å². The van der Waals surface area contributed by atoms with E-state index in [1.807, 2.05) is 31.2 Å². The molecule has 1 amide bonds. The number of carbonyl (C=O) groups is 1. The molecule has 5 rings (SSSR count). The van der Waals surface area contributed by atoms with Crippen LogP contribution in [0.25, 0.3) is 11.4 Å². The van der Waals surface area contributed by atoms with E-state index in [2.05, 4.69) is 10.1 Å². The molecule has 1 aliphatic carbocycles. The molecule has 1 saturated carbocycles. The highest BCUT2D eigenvalue weighted by Gasteiger charge is 2.64. The summed E-state index contributed by atoms with van der Waals surface area (Å²) in [6.07, 6.45) is 6.86. The van der Waals surface area contributed by atoms with Crippen LogP contribution in [-0.2, 0) is 14.6 Å². The van der Waals surface area contributed by atoms with Gasteiger partial charge in [-0.2, -0.15) is 4.98 Å². The largest absolute Gasteiger partial charge is 0.339 e. The Hall–Kier alpha value is -2.22. The number of aromatic nitrogens is 2. The number of amides is 1. The highest BCUT2D eigenvalue weighted by Crippen LogP contribution is 2.50. The van der Waals surface area contributed by atoms with Crippen LogP contribution in [0.1, 0.15) is 62.3 Å². The third-order valence-electron chi connectivity index (χ3n) is 7.46. The van der Waals surface area contributed by atoms with E-state index in [-0.39, 0.29) is 30.7 Å². The molecule has 2 aromatic rings. The molecule has 1 atom stereocenters. The van der Waals surface area contributed by atoms with Crippen molar-refractivity contribution in [3.63, 3.8) is 0 Å². The lowest BCUT2D eigenvalue weighted by atomic mass is 9.82. The van der Waals surface area contributed by atoms with Crippen LogP contribution in [0.5, 0.6) is 0 Å². The molecule has 3 heterocycles. The zero-order chi connectivity index (χ0) is 21.6. The minimum Gasteiger partial charge on any atom is -0.339 e. The van der Waals surface area contributed by atoms with Crippen molar-refractivity contribution in [2.45, 2.75) is 62.5 Å². The average molecular weight is 444 g/mol. The number of nitrogens with zero attached hydrogens (tertiary/aromatic N) is 3. The van der Waals surface area contributed by atoms with Gasteiger partial charge in [-0.05, 0) is 31.7 Å². The monoisotopic (exact) mass is 443 g/mol. The second-order valence-corrected chi connectivity index (χ2v) is 11.9. The summed E-state index contributed by atoms with van der Waals surface area (Å²) >= 11 is 0. The van der Waals surface area contributed by atoms with E-state index in [1.54, 1.807) is 4.90 Å². The second-order valence-electron chi connectivity index (χ2n) is 9.49. The molecule has 0 bridgehead atoms. The van der Waals surface area contributed by atoms with Crippen LogP contribution in [0.15, 0.2) is 28.8 Å². The van der Waals surface area contributed by atoms with E-state index < -0.39 is 14.6 Å². The molecule has 1 aromatic heterocycles. The first-order chi connectivity index (χ1) is 14.9. The number of sulfone groups is 1. The molecule has 1 unspecified atom stereocenters. The van der Waals surface area contributed by atoms with Crippen molar-refractivity contribution in [1.29, 1.82) is 0 Å². The van der Waals surface area contributed by atoms with Crippen LogP contribution in [0.4, 0.5) is 0 Å². The number of hydrogen-bond acceptors (Lipinski definition) is 6. The zero-order valence-corrected chi connectivity index (χ0v) is 18.7. The summed E-state index contributed by atoms with van der Waals surface area (Å²) < 4.78 is 30.5. The second kappa shape index (κ2) is 7.73. The predicted octanol–water partition coefficient (Wildman–Crippen LogP) is 3.50. The molecule has 0 N–H and O–H groups in total. The zero-order valence-electron chi connectivity index (χ0n) is 17.9. The van der Waals surface area contributed by atoms with Gasteiger partial charge in [-0.3, -0.25) is 4.79 Å². The lowest BCUT2D eigenvalue weighted by Gasteiger charge is -2.49. The van der Waals surface area contributed by atoms with Crippen LogP contribution in [0, 0.1) is 12.8 Å². The molecule has 0 radical (unpaired) electrons. The van der Waals surface area contributed by atoms with Crippen molar-refractivity contribution in [1.82, 2.24) is 15.0 Å². The molecule has 8 heteroatoms. The van der Waals surface area contributed by atoms with Gasteiger partial charge < -0.3 is 9.42 Å². The minimum absolute atomic E-state index is 0.0735. The Labute approximate surface area is 183 Å². The summed E-state index contributed by atoms with van der Waals surface area (Å²) in [6.45, 7) is 2.48. The highest BCUT2D eigenvalue weighted by atomic mass is 32.2. The Morgan fingerprint density at radius 1 is 1.23 bits per heavy atom. The van der Waals surface area contributed by atoms with Gasteiger partial charge in [0.15, 0.2) is 9.84 Å². The maximum atomic E-state index is 13.0. The van der Waals surface area contributed by atoms with E-state index in [9.17, 15) is 13.2 Å². The van der Waals surface area contributed by atoms with Gasteiger partial charge in [0, 0.05) is 25.1 Å². The van der Waals surface area contributed by atoms with Crippen LogP contribution >= 0.6 is 0 Å². The number of rotatable bonds is 5. The normalized spacial score (nSPS) is 24.5. The Morgan fingerprint density at radius 2 is 2.00 bits per heavy atom. The van der Waals surface area contributed by atoms with Crippen LogP contribution in [0.3, 0.4) is 0 Å². The first-order valence-electron chi connectivity index (χ1n) is 11.3. The van der Waals surface area contributed by atoms with Gasteiger partial charge in [0.25, 0.3) is 0 Å². The van der Waals surface area contributed by atoms with Crippen LogP contribution in [0.2, 0.25) is 0 Å². The Bertz CT molecular complexity index is 1080. The lowest BCUT2D eigenvalue weighted by Crippen LogP contribution is -2.67. The fourth-order valence-corrected chi connectivity index (χ4v) is 7.87. The van der Waals surface area contributed by atoms with Gasteiger partial charge in [-0.15, -0.1) is 0 Å².